The first-order chi connectivity index (χ1) is 7.50. The Labute approximate surface area is 93.0 Å². The van der Waals surface area contributed by atoms with E-state index in [1.807, 2.05) is 6.92 Å². The van der Waals surface area contributed by atoms with E-state index in [4.69, 9.17) is 5.11 Å². The Bertz CT molecular complexity index is 585. The number of carbonyl (C=O) groups is 1. The lowest BCUT2D eigenvalue weighted by Crippen LogP contribution is -2.00. The first-order valence-corrected chi connectivity index (χ1v) is 4.97. The molecule has 0 aliphatic rings. The molecule has 0 bridgehead atoms. The molecular formula is C13H12O3. The Morgan fingerprint density at radius 2 is 1.88 bits per heavy atom. The van der Waals surface area contributed by atoms with Gasteiger partial charge in [-0.1, -0.05) is 6.07 Å². The van der Waals surface area contributed by atoms with Crippen LogP contribution in [0.25, 0.3) is 10.8 Å². The molecule has 3 heteroatoms. The Morgan fingerprint density at radius 1 is 1.19 bits per heavy atom. The van der Waals surface area contributed by atoms with Crippen LogP contribution in [0.4, 0.5) is 0 Å². The van der Waals surface area contributed by atoms with Crippen molar-refractivity contribution >= 4 is 16.7 Å². The number of fused-ring (bicyclic) bond motifs is 1. The first-order valence-electron chi connectivity index (χ1n) is 4.97. The van der Waals surface area contributed by atoms with Crippen molar-refractivity contribution in [1.82, 2.24) is 0 Å². The van der Waals surface area contributed by atoms with Gasteiger partial charge in [-0.2, -0.15) is 0 Å². The highest BCUT2D eigenvalue weighted by Gasteiger charge is 2.11. The molecule has 0 unspecified atom stereocenters. The fourth-order valence-electron chi connectivity index (χ4n) is 2.10. The SMILES string of the molecule is Cc1cc(O)cc2ccc(C(=O)O)c(C)c12. The van der Waals surface area contributed by atoms with Gasteiger partial charge in [0.2, 0.25) is 0 Å². The summed E-state index contributed by atoms with van der Waals surface area (Å²) in [4.78, 5) is 11.0. The molecule has 0 aliphatic heterocycles. The van der Waals surface area contributed by atoms with E-state index in [1.54, 1.807) is 31.2 Å². The largest absolute Gasteiger partial charge is 0.508 e. The van der Waals surface area contributed by atoms with Gasteiger partial charge >= 0.3 is 5.97 Å². The number of aromatic hydroxyl groups is 1. The zero-order valence-electron chi connectivity index (χ0n) is 9.11. The number of aryl methyl sites for hydroxylation is 2. The van der Waals surface area contributed by atoms with Gasteiger partial charge < -0.3 is 10.2 Å². The van der Waals surface area contributed by atoms with Gasteiger partial charge in [-0.3, -0.25) is 0 Å². The maximum Gasteiger partial charge on any atom is 0.335 e. The Hall–Kier alpha value is -2.03. The van der Waals surface area contributed by atoms with Crippen molar-refractivity contribution in [1.29, 1.82) is 0 Å². The minimum Gasteiger partial charge on any atom is -0.508 e. The second-order valence-corrected chi connectivity index (χ2v) is 3.90. The van der Waals surface area contributed by atoms with Crippen molar-refractivity contribution in [3.05, 3.63) is 41.0 Å². The number of benzene rings is 2. The van der Waals surface area contributed by atoms with Crippen LogP contribution in [0, 0.1) is 13.8 Å². The predicted octanol–water partition coefficient (Wildman–Crippen LogP) is 2.86. The minimum atomic E-state index is -0.924. The normalized spacial score (nSPS) is 10.6. The molecule has 3 nitrogen and oxygen atoms in total. The van der Waals surface area contributed by atoms with Gasteiger partial charge in [0.05, 0.1) is 5.56 Å². The van der Waals surface area contributed by atoms with E-state index >= 15 is 0 Å². The summed E-state index contributed by atoms with van der Waals surface area (Å²) in [6, 6.07) is 6.57. The van der Waals surface area contributed by atoms with E-state index in [9.17, 15) is 9.90 Å². The third-order valence-electron chi connectivity index (χ3n) is 2.79. The highest BCUT2D eigenvalue weighted by atomic mass is 16.4. The molecular weight excluding hydrogens is 204 g/mol. The zero-order chi connectivity index (χ0) is 11.9. The number of carboxylic acid groups (broad SMARTS) is 1. The second kappa shape index (κ2) is 3.52. The smallest absolute Gasteiger partial charge is 0.335 e. The Balaban J connectivity index is 2.89. The van der Waals surface area contributed by atoms with Gasteiger partial charge in [-0.15, -0.1) is 0 Å². The van der Waals surface area contributed by atoms with E-state index < -0.39 is 5.97 Å². The lowest BCUT2D eigenvalue weighted by molar-refractivity contribution is 0.0696. The monoisotopic (exact) mass is 216 g/mol. The summed E-state index contributed by atoms with van der Waals surface area (Å²) in [6.45, 7) is 3.65. The summed E-state index contributed by atoms with van der Waals surface area (Å²) in [6.07, 6.45) is 0. The second-order valence-electron chi connectivity index (χ2n) is 3.90. The van der Waals surface area contributed by atoms with Gasteiger partial charge in [-0.05, 0) is 53.9 Å². The van der Waals surface area contributed by atoms with Crippen molar-refractivity contribution in [2.45, 2.75) is 13.8 Å². The van der Waals surface area contributed by atoms with Crippen molar-refractivity contribution in [3.8, 4) is 5.75 Å². The molecule has 0 aromatic heterocycles. The van der Waals surface area contributed by atoms with Gasteiger partial charge in [0.1, 0.15) is 5.75 Å². The number of aromatic carboxylic acids is 1. The average Bonchev–Trinajstić information content (AvgIpc) is 2.15. The number of phenols is 1. The van der Waals surface area contributed by atoms with E-state index in [2.05, 4.69) is 0 Å². The van der Waals surface area contributed by atoms with E-state index in [1.165, 1.54) is 0 Å². The summed E-state index contributed by atoms with van der Waals surface area (Å²) >= 11 is 0. The molecule has 2 aromatic rings. The van der Waals surface area contributed by atoms with Crippen molar-refractivity contribution in [3.63, 3.8) is 0 Å². The Kier molecular flexibility index (Phi) is 2.31. The molecule has 0 heterocycles. The maximum absolute atomic E-state index is 11.0. The maximum atomic E-state index is 11.0. The molecule has 82 valence electrons. The highest BCUT2D eigenvalue weighted by Crippen LogP contribution is 2.28. The van der Waals surface area contributed by atoms with Crippen LogP contribution in [0.5, 0.6) is 5.75 Å². The third kappa shape index (κ3) is 1.50. The van der Waals surface area contributed by atoms with Crippen LogP contribution >= 0.6 is 0 Å². The van der Waals surface area contributed by atoms with Gasteiger partial charge in [-0.25, -0.2) is 4.79 Å². The molecule has 0 amide bonds. The number of hydrogen-bond acceptors (Lipinski definition) is 2. The van der Waals surface area contributed by atoms with Crippen LogP contribution in [0.3, 0.4) is 0 Å². The minimum absolute atomic E-state index is 0.201. The fourth-order valence-corrected chi connectivity index (χ4v) is 2.10. The summed E-state index contributed by atoms with van der Waals surface area (Å²) in [5, 5.41) is 20.2. The molecule has 0 aliphatic carbocycles. The lowest BCUT2D eigenvalue weighted by Gasteiger charge is -2.09. The Morgan fingerprint density at radius 3 is 2.50 bits per heavy atom. The fraction of sp³-hybridized carbons (Fsp3) is 0.154. The molecule has 0 saturated heterocycles. The van der Waals surface area contributed by atoms with Crippen LogP contribution in [0.1, 0.15) is 21.5 Å². The van der Waals surface area contributed by atoms with Gasteiger partial charge in [0, 0.05) is 0 Å². The summed E-state index contributed by atoms with van der Waals surface area (Å²) in [5.41, 5.74) is 1.93. The zero-order valence-corrected chi connectivity index (χ0v) is 9.11. The quantitative estimate of drug-likeness (QED) is 0.770. The molecule has 0 atom stereocenters. The molecule has 2 N–H and O–H groups in total. The number of carboxylic acids is 1. The molecule has 2 rings (SSSR count). The van der Waals surface area contributed by atoms with Crippen molar-refractivity contribution in [2.75, 3.05) is 0 Å². The van der Waals surface area contributed by atoms with E-state index in [0.29, 0.717) is 5.56 Å². The predicted molar refractivity (Wildman–Crippen MR) is 62.0 cm³/mol. The van der Waals surface area contributed by atoms with Crippen LogP contribution in [0.2, 0.25) is 0 Å². The molecule has 16 heavy (non-hydrogen) atoms. The van der Waals surface area contributed by atoms with Crippen LogP contribution in [-0.2, 0) is 0 Å². The lowest BCUT2D eigenvalue weighted by atomic mass is 9.96. The van der Waals surface area contributed by atoms with Crippen molar-refractivity contribution < 1.29 is 15.0 Å². The summed E-state index contributed by atoms with van der Waals surface area (Å²) < 4.78 is 0. The van der Waals surface area contributed by atoms with Crippen LogP contribution in [-0.4, -0.2) is 16.2 Å². The first kappa shape index (κ1) is 10.5. The van der Waals surface area contributed by atoms with Crippen LogP contribution < -0.4 is 0 Å². The third-order valence-corrected chi connectivity index (χ3v) is 2.79. The van der Waals surface area contributed by atoms with Gasteiger partial charge in [0.25, 0.3) is 0 Å². The van der Waals surface area contributed by atoms with Crippen LogP contribution in [0.15, 0.2) is 24.3 Å². The molecule has 0 fully saturated rings. The standard InChI is InChI=1S/C13H12O3/c1-7-5-10(14)6-9-3-4-11(13(15)16)8(2)12(7)9/h3-6,14H,1-2H3,(H,15,16). The molecule has 2 aromatic carbocycles. The topological polar surface area (TPSA) is 57.5 Å². The summed E-state index contributed by atoms with van der Waals surface area (Å²) in [5.74, 6) is -0.723. The molecule has 0 radical (unpaired) electrons. The number of hydrogen-bond donors (Lipinski definition) is 2. The van der Waals surface area contributed by atoms with E-state index in [-0.39, 0.29) is 5.75 Å². The number of phenolic OH excluding ortho intramolecular Hbond substituents is 1. The molecule has 0 spiro atoms. The highest BCUT2D eigenvalue weighted by molar-refractivity contribution is 5.99. The molecule has 0 saturated carbocycles. The number of rotatable bonds is 1. The van der Waals surface area contributed by atoms with Gasteiger partial charge in [0.15, 0.2) is 0 Å². The van der Waals surface area contributed by atoms with E-state index in [0.717, 1.165) is 21.9 Å². The average molecular weight is 216 g/mol. The summed E-state index contributed by atoms with van der Waals surface area (Å²) in [7, 11) is 0. The van der Waals surface area contributed by atoms with Crippen molar-refractivity contribution in [2.24, 2.45) is 0 Å².